The lowest BCUT2D eigenvalue weighted by Gasteiger charge is -2.25. The van der Waals surface area contributed by atoms with Crippen molar-refractivity contribution in [1.82, 2.24) is 15.0 Å². The largest absolute Gasteiger partial charge is 0.393 e. The maximum absolute atomic E-state index is 6.43. The van der Waals surface area contributed by atoms with Crippen LogP contribution in [-0.2, 0) is 0 Å². The van der Waals surface area contributed by atoms with E-state index in [0.717, 1.165) is 54.4 Å². The van der Waals surface area contributed by atoms with Gasteiger partial charge in [-0.25, -0.2) is 9.97 Å². The molecule has 0 aromatic carbocycles. The number of anilines is 4. The number of nitrogen functional groups attached to an aromatic ring is 1. The zero-order chi connectivity index (χ0) is 18.6. The molecule has 136 valence electrons. The van der Waals surface area contributed by atoms with Crippen molar-refractivity contribution >= 4 is 23.0 Å². The third-order valence-electron chi connectivity index (χ3n) is 4.27. The van der Waals surface area contributed by atoms with E-state index in [-0.39, 0.29) is 0 Å². The van der Waals surface area contributed by atoms with Crippen LogP contribution in [0.3, 0.4) is 0 Å². The van der Waals surface area contributed by atoms with Gasteiger partial charge >= 0.3 is 0 Å². The Hall–Kier alpha value is -2.37. The number of unbranched alkanes of at least 4 members (excludes halogenated alkanes) is 1. The first kappa shape index (κ1) is 19.0. The third-order valence-corrected chi connectivity index (χ3v) is 4.27. The van der Waals surface area contributed by atoms with Gasteiger partial charge in [0.05, 0.1) is 11.4 Å². The molecule has 0 radical (unpaired) electrons. The molecule has 2 rings (SSSR count). The highest BCUT2D eigenvalue weighted by molar-refractivity contribution is 5.79. The topological polar surface area (TPSA) is 80.0 Å². The van der Waals surface area contributed by atoms with Gasteiger partial charge in [0, 0.05) is 18.8 Å². The number of aromatic nitrogens is 3. The minimum atomic E-state index is 0.586. The minimum absolute atomic E-state index is 0.586. The lowest BCUT2D eigenvalue weighted by molar-refractivity contribution is 0.722. The van der Waals surface area contributed by atoms with E-state index in [2.05, 4.69) is 52.0 Å². The van der Waals surface area contributed by atoms with Crippen LogP contribution in [0.2, 0.25) is 0 Å². The first-order chi connectivity index (χ1) is 11.9. The Labute approximate surface area is 150 Å². The van der Waals surface area contributed by atoms with Gasteiger partial charge in [0.15, 0.2) is 11.6 Å². The summed E-state index contributed by atoms with van der Waals surface area (Å²) >= 11 is 0. The van der Waals surface area contributed by atoms with E-state index in [0.29, 0.717) is 17.3 Å². The Morgan fingerprint density at radius 1 is 1.08 bits per heavy atom. The van der Waals surface area contributed by atoms with Crippen molar-refractivity contribution in [1.29, 1.82) is 0 Å². The average Bonchev–Trinajstić information content (AvgIpc) is 2.55. The Kier molecular flexibility index (Phi) is 6.17. The fraction of sp³-hybridized carbons (Fsp3) is 0.526. The molecular weight excluding hydrogens is 312 g/mol. The van der Waals surface area contributed by atoms with E-state index in [1.807, 2.05) is 20.8 Å². The van der Waals surface area contributed by atoms with Crippen LogP contribution in [0.15, 0.2) is 6.07 Å². The van der Waals surface area contributed by atoms with Gasteiger partial charge in [-0.15, -0.1) is 0 Å². The summed E-state index contributed by atoms with van der Waals surface area (Å²) in [5.74, 6) is 2.16. The van der Waals surface area contributed by atoms with E-state index in [1.165, 1.54) is 0 Å². The highest BCUT2D eigenvalue weighted by Crippen LogP contribution is 2.31. The van der Waals surface area contributed by atoms with Gasteiger partial charge < -0.3 is 16.0 Å². The van der Waals surface area contributed by atoms with Crippen LogP contribution in [-0.4, -0.2) is 28.0 Å². The molecular formula is C19H30N6. The molecule has 6 heteroatoms. The summed E-state index contributed by atoms with van der Waals surface area (Å²) in [7, 11) is 0. The van der Waals surface area contributed by atoms with Gasteiger partial charge in [0.1, 0.15) is 11.5 Å². The summed E-state index contributed by atoms with van der Waals surface area (Å²) in [5, 5.41) is 3.39. The van der Waals surface area contributed by atoms with Crippen LogP contribution in [0.25, 0.3) is 0 Å². The summed E-state index contributed by atoms with van der Waals surface area (Å²) < 4.78 is 0. The Morgan fingerprint density at radius 2 is 1.80 bits per heavy atom. The minimum Gasteiger partial charge on any atom is -0.393 e. The molecule has 0 unspecified atom stereocenters. The van der Waals surface area contributed by atoms with Crippen molar-refractivity contribution in [2.75, 3.05) is 29.0 Å². The Morgan fingerprint density at radius 3 is 2.40 bits per heavy atom. The first-order valence-corrected chi connectivity index (χ1v) is 8.98. The molecule has 6 nitrogen and oxygen atoms in total. The maximum Gasteiger partial charge on any atom is 0.159 e. The van der Waals surface area contributed by atoms with E-state index in [4.69, 9.17) is 5.73 Å². The van der Waals surface area contributed by atoms with Gasteiger partial charge in [-0.1, -0.05) is 13.3 Å². The highest BCUT2D eigenvalue weighted by atomic mass is 15.2. The number of hydrogen-bond acceptors (Lipinski definition) is 6. The van der Waals surface area contributed by atoms with Gasteiger partial charge in [-0.05, 0) is 52.7 Å². The number of rotatable bonds is 7. The second-order valence-electron chi connectivity index (χ2n) is 6.46. The smallest absolute Gasteiger partial charge is 0.159 e. The summed E-state index contributed by atoms with van der Waals surface area (Å²) in [6.07, 6.45) is 2.25. The summed E-state index contributed by atoms with van der Waals surface area (Å²) in [6.45, 7) is 14.1. The number of aryl methyl sites for hydroxylation is 4. The molecule has 0 aliphatic carbocycles. The van der Waals surface area contributed by atoms with Crippen LogP contribution in [0.1, 0.15) is 49.5 Å². The quantitative estimate of drug-likeness (QED) is 0.790. The van der Waals surface area contributed by atoms with Crippen LogP contribution < -0.4 is 16.0 Å². The molecule has 2 heterocycles. The zero-order valence-electron chi connectivity index (χ0n) is 16.3. The van der Waals surface area contributed by atoms with Crippen LogP contribution in [0.4, 0.5) is 23.0 Å². The third kappa shape index (κ3) is 4.38. The van der Waals surface area contributed by atoms with Crippen LogP contribution in [0, 0.1) is 27.7 Å². The lowest BCUT2D eigenvalue weighted by Crippen LogP contribution is -2.26. The zero-order valence-corrected chi connectivity index (χ0v) is 16.3. The predicted octanol–water partition coefficient (Wildman–Crippen LogP) is 4.06. The molecule has 0 amide bonds. The molecule has 0 atom stereocenters. The molecule has 0 saturated heterocycles. The number of nitrogens with one attached hydrogen (secondary N) is 1. The second kappa shape index (κ2) is 8.14. The van der Waals surface area contributed by atoms with Crippen molar-refractivity contribution in [2.24, 2.45) is 0 Å². The fourth-order valence-electron chi connectivity index (χ4n) is 3.00. The molecule has 0 aliphatic rings. The molecule has 3 N–H and O–H groups in total. The maximum atomic E-state index is 6.43. The van der Waals surface area contributed by atoms with E-state index >= 15 is 0 Å². The van der Waals surface area contributed by atoms with Crippen molar-refractivity contribution in [3.05, 3.63) is 28.8 Å². The Bertz CT molecular complexity index is 718. The van der Waals surface area contributed by atoms with Crippen molar-refractivity contribution in [3.8, 4) is 0 Å². The van der Waals surface area contributed by atoms with Crippen molar-refractivity contribution in [3.63, 3.8) is 0 Å². The highest BCUT2D eigenvalue weighted by Gasteiger charge is 2.17. The van der Waals surface area contributed by atoms with Gasteiger partial charge in [-0.2, -0.15) is 0 Å². The van der Waals surface area contributed by atoms with Gasteiger partial charge in [0.2, 0.25) is 0 Å². The standard InChI is InChI=1S/C19H30N6/c1-7-9-10-25(8-2)19-16(20)18(22-15(6)23-19)24-17-12(3)11-13(4)21-14(17)5/h11H,7-10,20H2,1-6H3,(H,22,23,24). The summed E-state index contributed by atoms with van der Waals surface area (Å²) in [6, 6.07) is 2.06. The van der Waals surface area contributed by atoms with Crippen LogP contribution in [0.5, 0.6) is 0 Å². The Balaban J connectivity index is 2.43. The van der Waals surface area contributed by atoms with Crippen LogP contribution >= 0.6 is 0 Å². The molecule has 25 heavy (non-hydrogen) atoms. The van der Waals surface area contributed by atoms with E-state index in [1.54, 1.807) is 0 Å². The predicted molar refractivity (Wildman–Crippen MR) is 106 cm³/mol. The molecule has 0 saturated carbocycles. The van der Waals surface area contributed by atoms with Gasteiger partial charge in [0.25, 0.3) is 0 Å². The number of hydrogen-bond donors (Lipinski definition) is 2. The molecule has 0 bridgehead atoms. The molecule has 2 aromatic heterocycles. The van der Waals surface area contributed by atoms with Crippen molar-refractivity contribution < 1.29 is 0 Å². The van der Waals surface area contributed by atoms with Gasteiger partial charge in [-0.3, -0.25) is 4.98 Å². The SMILES string of the molecule is CCCCN(CC)c1nc(C)nc(Nc2c(C)cc(C)nc2C)c1N. The molecule has 0 aliphatic heterocycles. The first-order valence-electron chi connectivity index (χ1n) is 8.98. The normalized spacial score (nSPS) is 10.8. The lowest BCUT2D eigenvalue weighted by atomic mass is 10.1. The van der Waals surface area contributed by atoms with E-state index in [9.17, 15) is 0 Å². The number of pyridine rings is 1. The molecule has 2 aromatic rings. The second-order valence-corrected chi connectivity index (χ2v) is 6.46. The summed E-state index contributed by atoms with van der Waals surface area (Å²) in [5.41, 5.74) is 11.0. The van der Waals surface area contributed by atoms with Crippen molar-refractivity contribution in [2.45, 2.75) is 54.4 Å². The number of nitrogens with zero attached hydrogens (tertiary/aromatic N) is 4. The monoisotopic (exact) mass is 342 g/mol. The number of nitrogens with two attached hydrogens (primary N) is 1. The summed E-state index contributed by atoms with van der Waals surface area (Å²) in [4.78, 5) is 15.9. The molecule has 0 fully saturated rings. The average molecular weight is 342 g/mol. The van der Waals surface area contributed by atoms with E-state index < -0.39 is 0 Å². The molecule has 0 spiro atoms. The fourth-order valence-corrected chi connectivity index (χ4v) is 3.00.